The molecule has 1 aromatic rings. The van der Waals surface area contributed by atoms with E-state index in [0.717, 1.165) is 18.6 Å². The van der Waals surface area contributed by atoms with Gasteiger partial charge in [-0.05, 0) is 36.8 Å². The summed E-state index contributed by atoms with van der Waals surface area (Å²) < 4.78 is 0. The molecule has 1 atom stereocenters. The first-order chi connectivity index (χ1) is 8.29. The molecule has 0 bridgehead atoms. The van der Waals surface area contributed by atoms with E-state index in [1.807, 2.05) is 6.07 Å². The van der Waals surface area contributed by atoms with E-state index >= 15 is 0 Å². The number of hydrogen-bond donors (Lipinski definition) is 1. The SMILES string of the molecule is N#Cc1cccc(NC(=O)C2CCCCS2)c1. The summed E-state index contributed by atoms with van der Waals surface area (Å²) in [6.45, 7) is 0. The molecule has 1 N–H and O–H groups in total. The van der Waals surface area contributed by atoms with Crippen molar-refractivity contribution >= 4 is 23.4 Å². The van der Waals surface area contributed by atoms with Crippen LogP contribution in [0.5, 0.6) is 0 Å². The van der Waals surface area contributed by atoms with Crippen LogP contribution in [-0.2, 0) is 4.79 Å². The third kappa shape index (κ3) is 3.24. The van der Waals surface area contributed by atoms with Crippen molar-refractivity contribution in [2.45, 2.75) is 24.5 Å². The Hall–Kier alpha value is -1.47. The predicted molar refractivity (Wildman–Crippen MR) is 69.9 cm³/mol. The number of nitrogens with zero attached hydrogens (tertiary/aromatic N) is 1. The van der Waals surface area contributed by atoms with Crippen LogP contribution in [0.25, 0.3) is 0 Å². The molecule has 1 aliphatic rings. The Bertz CT molecular complexity index is 447. The summed E-state index contributed by atoms with van der Waals surface area (Å²) in [5, 5.41) is 11.7. The molecule has 1 aliphatic heterocycles. The normalized spacial score (nSPS) is 19.4. The van der Waals surface area contributed by atoms with E-state index < -0.39 is 0 Å². The minimum atomic E-state index is 0.0600. The van der Waals surface area contributed by atoms with Gasteiger partial charge in [-0.15, -0.1) is 11.8 Å². The summed E-state index contributed by atoms with van der Waals surface area (Å²) in [4.78, 5) is 12.0. The lowest BCUT2D eigenvalue weighted by atomic mass is 10.1. The van der Waals surface area contributed by atoms with Crippen molar-refractivity contribution in [3.8, 4) is 6.07 Å². The second-order valence-electron chi connectivity index (χ2n) is 4.04. The lowest BCUT2D eigenvalue weighted by molar-refractivity contribution is -0.115. The van der Waals surface area contributed by atoms with Crippen LogP contribution in [0.3, 0.4) is 0 Å². The van der Waals surface area contributed by atoms with Crippen molar-refractivity contribution in [1.82, 2.24) is 0 Å². The Morgan fingerprint density at radius 1 is 1.47 bits per heavy atom. The number of anilines is 1. The minimum Gasteiger partial charge on any atom is -0.325 e. The highest BCUT2D eigenvalue weighted by Gasteiger charge is 2.21. The zero-order valence-electron chi connectivity index (χ0n) is 9.48. The molecule has 1 fully saturated rings. The van der Waals surface area contributed by atoms with E-state index in [1.165, 1.54) is 6.42 Å². The second-order valence-corrected chi connectivity index (χ2v) is 5.35. The Balaban J connectivity index is 1.99. The smallest absolute Gasteiger partial charge is 0.237 e. The number of benzene rings is 1. The summed E-state index contributed by atoms with van der Waals surface area (Å²) in [7, 11) is 0. The highest BCUT2D eigenvalue weighted by molar-refractivity contribution is 8.00. The van der Waals surface area contributed by atoms with Crippen LogP contribution in [0.2, 0.25) is 0 Å². The molecule has 1 saturated heterocycles. The fraction of sp³-hybridized carbons (Fsp3) is 0.385. The van der Waals surface area contributed by atoms with Crippen LogP contribution in [0.1, 0.15) is 24.8 Å². The number of rotatable bonds is 2. The van der Waals surface area contributed by atoms with Gasteiger partial charge in [0.1, 0.15) is 0 Å². The maximum Gasteiger partial charge on any atom is 0.237 e. The van der Waals surface area contributed by atoms with Crippen LogP contribution in [0.15, 0.2) is 24.3 Å². The molecule has 2 rings (SSSR count). The van der Waals surface area contributed by atoms with Crippen LogP contribution in [0, 0.1) is 11.3 Å². The van der Waals surface area contributed by atoms with Crippen LogP contribution in [0.4, 0.5) is 5.69 Å². The third-order valence-corrected chi connectivity index (χ3v) is 4.11. The summed E-state index contributed by atoms with van der Waals surface area (Å²) in [6.07, 6.45) is 3.29. The monoisotopic (exact) mass is 246 g/mol. The van der Waals surface area contributed by atoms with Gasteiger partial charge < -0.3 is 5.32 Å². The number of carbonyl (C=O) groups is 1. The van der Waals surface area contributed by atoms with E-state index in [2.05, 4.69) is 11.4 Å². The summed E-state index contributed by atoms with van der Waals surface area (Å²) >= 11 is 1.72. The lowest BCUT2D eigenvalue weighted by Crippen LogP contribution is -2.27. The highest BCUT2D eigenvalue weighted by Crippen LogP contribution is 2.26. The largest absolute Gasteiger partial charge is 0.325 e. The van der Waals surface area contributed by atoms with Gasteiger partial charge in [0.25, 0.3) is 0 Å². The molecule has 0 aliphatic carbocycles. The van der Waals surface area contributed by atoms with Gasteiger partial charge in [0.05, 0.1) is 16.9 Å². The molecule has 88 valence electrons. The summed E-state index contributed by atoms with van der Waals surface area (Å²) in [5.74, 6) is 1.13. The molecule has 3 nitrogen and oxygen atoms in total. The maximum atomic E-state index is 12.0. The van der Waals surface area contributed by atoms with E-state index in [0.29, 0.717) is 11.3 Å². The van der Waals surface area contributed by atoms with E-state index in [9.17, 15) is 4.79 Å². The van der Waals surface area contributed by atoms with Gasteiger partial charge in [-0.25, -0.2) is 0 Å². The van der Waals surface area contributed by atoms with Gasteiger partial charge in [0.2, 0.25) is 5.91 Å². The molecule has 1 amide bonds. The minimum absolute atomic E-state index is 0.0600. The van der Waals surface area contributed by atoms with Crippen LogP contribution < -0.4 is 5.32 Å². The number of carbonyl (C=O) groups excluding carboxylic acids is 1. The van der Waals surface area contributed by atoms with Gasteiger partial charge in [-0.1, -0.05) is 12.5 Å². The average Bonchev–Trinajstić information content (AvgIpc) is 2.40. The fourth-order valence-corrected chi connectivity index (χ4v) is 3.04. The Morgan fingerprint density at radius 3 is 3.06 bits per heavy atom. The Kier molecular flexibility index (Phi) is 4.05. The molecule has 1 unspecified atom stereocenters. The third-order valence-electron chi connectivity index (χ3n) is 2.73. The number of hydrogen-bond acceptors (Lipinski definition) is 3. The zero-order valence-corrected chi connectivity index (χ0v) is 10.3. The van der Waals surface area contributed by atoms with Gasteiger partial charge in [-0.2, -0.15) is 5.26 Å². The van der Waals surface area contributed by atoms with Gasteiger partial charge in [0.15, 0.2) is 0 Å². The molecule has 0 aromatic heterocycles. The van der Waals surface area contributed by atoms with Crippen molar-refractivity contribution in [1.29, 1.82) is 5.26 Å². The molecular weight excluding hydrogens is 232 g/mol. The maximum absolute atomic E-state index is 12.0. The molecule has 1 aromatic carbocycles. The average molecular weight is 246 g/mol. The summed E-state index contributed by atoms with van der Waals surface area (Å²) in [5.41, 5.74) is 1.28. The van der Waals surface area contributed by atoms with Crippen LogP contribution in [-0.4, -0.2) is 16.9 Å². The van der Waals surface area contributed by atoms with Crippen LogP contribution >= 0.6 is 11.8 Å². The van der Waals surface area contributed by atoms with Gasteiger partial charge in [-0.3, -0.25) is 4.79 Å². The molecular formula is C13H14N2OS. The highest BCUT2D eigenvalue weighted by atomic mass is 32.2. The van der Waals surface area contributed by atoms with Gasteiger partial charge in [0, 0.05) is 5.69 Å². The molecule has 17 heavy (non-hydrogen) atoms. The first-order valence-corrected chi connectivity index (χ1v) is 6.77. The predicted octanol–water partition coefficient (Wildman–Crippen LogP) is 2.78. The van der Waals surface area contributed by atoms with Crippen molar-refractivity contribution in [3.05, 3.63) is 29.8 Å². The lowest BCUT2D eigenvalue weighted by Gasteiger charge is -2.20. The molecule has 0 saturated carbocycles. The van der Waals surface area contributed by atoms with Crippen molar-refractivity contribution in [2.75, 3.05) is 11.1 Å². The standard InChI is InChI=1S/C13H14N2OS/c14-9-10-4-3-5-11(8-10)15-13(16)12-6-1-2-7-17-12/h3-5,8,12H,1-2,6-7H2,(H,15,16). The number of amides is 1. The molecule has 1 heterocycles. The topological polar surface area (TPSA) is 52.9 Å². The number of thioether (sulfide) groups is 1. The summed E-state index contributed by atoms with van der Waals surface area (Å²) in [6, 6.07) is 9.08. The molecule has 0 spiro atoms. The number of nitrogens with one attached hydrogen (secondary N) is 1. The fourth-order valence-electron chi connectivity index (χ4n) is 1.84. The molecule has 4 heteroatoms. The van der Waals surface area contributed by atoms with E-state index in [-0.39, 0.29) is 11.2 Å². The first-order valence-electron chi connectivity index (χ1n) is 5.72. The van der Waals surface area contributed by atoms with Crippen molar-refractivity contribution in [3.63, 3.8) is 0 Å². The first kappa shape index (κ1) is 12.0. The van der Waals surface area contributed by atoms with Crippen molar-refractivity contribution < 1.29 is 4.79 Å². The van der Waals surface area contributed by atoms with Gasteiger partial charge >= 0.3 is 0 Å². The van der Waals surface area contributed by atoms with Crippen molar-refractivity contribution in [2.24, 2.45) is 0 Å². The van der Waals surface area contributed by atoms with E-state index in [4.69, 9.17) is 5.26 Å². The second kappa shape index (κ2) is 5.74. The zero-order chi connectivity index (χ0) is 12.1. The van der Waals surface area contributed by atoms with E-state index in [1.54, 1.807) is 30.0 Å². The Morgan fingerprint density at radius 2 is 2.35 bits per heavy atom. The Labute approximate surface area is 105 Å². The quantitative estimate of drug-likeness (QED) is 0.873. The number of nitriles is 1. The molecule has 0 radical (unpaired) electrons.